The number of hydrogen-bond acceptors (Lipinski definition) is 4. The Kier molecular flexibility index (Phi) is 4.19. The van der Waals surface area contributed by atoms with E-state index in [1.54, 1.807) is 17.7 Å². The van der Waals surface area contributed by atoms with E-state index in [9.17, 15) is 4.79 Å². The third-order valence-corrected chi connectivity index (χ3v) is 4.08. The molecule has 0 unspecified atom stereocenters. The molecule has 0 aliphatic heterocycles. The molecular weight excluding hydrogens is 326 g/mol. The minimum Gasteiger partial charge on any atom is -0.462 e. The lowest BCUT2D eigenvalue weighted by atomic mass is 10.1. The lowest BCUT2D eigenvalue weighted by Gasteiger charge is -2.03. The van der Waals surface area contributed by atoms with Gasteiger partial charge in [0.15, 0.2) is 5.65 Å². The van der Waals surface area contributed by atoms with Crippen LogP contribution in [0.5, 0.6) is 0 Å². The number of para-hydroxylation sites is 1. The number of benzene rings is 2. The van der Waals surface area contributed by atoms with E-state index < -0.39 is 0 Å². The molecule has 128 valence electrons. The van der Waals surface area contributed by atoms with Gasteiger partial charge in [0.25, 0.3) is 0 Å². The predicted molar refractivity (Wildman–Crippen MR) is 100 cm³/mol. The maximum atomic E-state index is 12.1. The number of pyridine rings is 1. The molecule has 26 heavy (non-hydrogen) atoms. The molecule has 0 saturated heterocycles. The number of nitrogens with zero attached hydrogens (tertiary/aromatic N) is 3. The second-order valence-corrected chi connectivity index (χ2v) is 5.78. The Labute approximate surface area is 150 Å². The van der Waals surface area contributed by atoms with Gasteiger partial charge in [0.05, 0.1) is 17.9 Å². The number of ether oxygens (including phenoxy) is 1. The van der Waals surface area contributed by atoms with Gasteiger partial charge >= 0.3 is 5.97 Å². The lowest BCUT2D eigenvalue weighted by molar-refractivity contribution is 0.0526. The van der Waals surface area contributed by atoms with Gasteiger partial charge in [0.1, 0.15) is 5.69 Å². The van der Waals surface area contributed by atoms with Crippen LogP contribution >= 0.6 is 0 Å². The summed E-state index contributed by atoms with van der Waals surface area (Å²) in [7, 11) is 0. The molecule has 0 aliphatic rings. The molecule has 4 rings (SSSR count). The molecule has 4 aromatic rings. The molecular formula is C21H17N3O2. The Morgan fingerprint density at radius 1 is 1.04 bits per heavy atom. The Hall–Kier alpha value is -3.47. The number of aromatic nitrogens is 3. The summed E-state index contributed by atoms with van der Waals surface area (Å²) in [4.78, 5) is 16.6. The van der Waals surface area contributed by atoms with Gasteiger partial charge < -0.3 is 4.74 Å². The maximum absolute atomic E-state index is 12.1. The van der Waals surface area contributed by atoms with Gasteiger partial charge in [-0.05, 0) is 25.1 Å². The Bertz CT molecular complexity index is 1060. The number of carbonyl (C=O) groups excluding carboxylic acids is 1. The van der Waals surface area contributed by atoms with E-state index >= 15 is 0 Å². The summed E-state index contributed by atoms with van der Waals surface area (Å²) in [5.41, 5.74) is 3.78. The molecule has 0 spiro atoms. The van der Waals surface area contributed by atoms with E-state index in [0.29, 0.717) is 17.8 Å². The number of rotatable bonds is 4. The van der Waals surface area contributed by atoms with Gasteiger partial charge in [-0.3, -0.25) is 0 Å². The van der Waals surface area contributed by atoms with Crippen molar-refractivity contribution < 1.29 is 9.53 Å². The van der Waals surface area contributed by atoms with Crippen LogP contribution in [0, 0.1) is 0 Å². The van der Waals surface area contributed by atoms with Gasteiger partial charge in [-0.15, -0.1) is 0 Å². The van der Waals surface area contributed by atoms with E-state index in [2.05, 4.69) is 4.98 Å². The Morgan fingerprint density at radius 2 is 1.73 bits per heavy atom. The molecule has 2 heterocycles. The molecule has 2 aromatic carbocycles. The highest BCUT2D eigenvalue weighted by molar-refractivity contribution is 5.98. The molecule has 5 nitrogen and oxygen atoms in total. The van der Waals surface area contributed by atoms with Crippen molar-refractivity contribution in [3.8, 4) is 16.9 Å². The third kappa shape index (κ3) is 2.84. The average Bonchev–Trinajstić information content (AvgIpc) is 3.08. The highest BCUT2D eigenvalue weighted by Gasteiger charge is 2.17. The number of hydrogen-bond donors (Lipinski definition) is 0. The maximum Gasteiger partial charge on any atom is 0.339 e. The molecule has 0 bridgehead atoms. The van der Waals surface area contributed by atoms with Gasteiger partial charge in [-0.1, -0.05) is 48.5 Å². The number of esters is 1. The molecule has 5 heteroatoms. The van der Waals surface area contributed by atoms with Crippen LogP contribution in [0.4, 0.5) is 0 Å². The van der Waals surface area contributed by atoms with Crippen molar-refractivity contribution >= 4 is 17.0 Å². The van der Waals surface area contributed by atoms with Crippen molar-refractivity contribution in [1.82, 2.24) is 14.8 Å². The van der Waals surface area contributed by atoms with Gasteiger partial charge in [-0.2, -0.15) is 5.10 Å². The molecule has 2 aromatic heterocycles. The highest BCUT2D eigenvalue weighted by atomic mass is 16.5. The van der Waals surface area contributed by atoms with E-state index in [-0.39, 0.29) is 5.97 Å². The first-order chi connectivity index (χ1) is 12.8. The summed E-state index contributed by atoms with van der Waals surface area (Å²) in [5, 5.41) is 5.59. The lowest BCUT2D eigenvalue weighted by Crippen LogP contribution is -2.05. The van der Waals surface area contributed by atoms with Crippen LogP contribution in [-0.4, -0.2) is 27.3 Å². The van der Waals surface area contributed by atoms with Crippen molar-refractivity contribution in [3.05, 3.63) is 78.5 Å². The van der Waals surface area contributed by atoms with Crippen molar-refractivity contribution in [2.45, 2.75) is 6.92 Å². The van der Waals surface area contributed by atoms with Crippen LogP contribution in [0.2, 0.25) is 0 Å². The zero-order valence-electron chi connectivity index (χ0n) is 14.3. The van der Waals surface area contributed by atoms with Crippen LogP contribution in [0.1, 0.15) is 17.3 Å². The monoisotopic (exact) mass is 343 g/mol. The molecule has 0 aliphatic carbocycles. The first-order valence-corrected chi connectivity index (χ1v) is 8.44. The van der Waals surface area contributed by atoms with Crippen molar-refractivity contribution in [1.29, 1.82) is 0 Å². The smallest absolute Gasteiger partial charge is 0.339 e. The molecule has 0 fully saturated rings. The summed E-state index contributed by atoms with van der Waals surface area (Å²) in [6, 6.07) is 21.5. The highest BCUT2D eigenvalue weighted by Crippen LogP contribution is 2.29. The normalized spacial score (nSPS) is 10.8. The number of carbonyl (C=O) groups is 1. The fraction of sp³-hybridized carbons (Fsp3) is 0.0952. The van der Waals surface area contributed by atoms with E-state index in [1.165, 1.54) is 6.20 Å². The summed E-state index contributed by atoms with van der Waals surface area (Å²) >= 11 is 0. The zero-order chi connectivity index (χ0) is 17.9. The van der Waals surface area contributed by atoms with Crippen molar-refractivity contribution in [2.24, 2.45) is 0 Å². The van der Waals surface area contributed by atoms with E-state index in [1.807, 2.05) is 60.7 Å². The largest absolute Gasteiger partial charge is 0.462 e. The van der Waals surface area contributed by atoms with Gasteiger partial charge in [-0.25, -0.2) is 14.5 Å². The summed E-state index contributed by atoms with van der Waals surface area (Å²) in [5.74, 6) is -0.381. The fourth-order valence-corrected chi connectivity index (χ4v) is 2.89. The minimum atomic E-state index is -0.381. The predicted octanol–water partition coefficient (Wildman–Crippen LogP) is 4.26. The first-order valence-electron chi connectivity index (χ1n) is 8.44. The van der Waals surface area contributed by atoms with Crippen LogP contribution in [-0.2, 0) is 4.74 Å². The topological polar surface area (TPSA) is 57.0 Å². The van der Waals surface area contributed by atoms with Gasteiger partial charge in [0, 0.05) is 17.1 Å². The fourth-order valence-electron chi connectivity index (χ4n) is 2.89. The first kappa shape index (κ1) is 16.0. The van der Waals surface area contributed by atoms with E-state index in [4.69, 9.17) is 9.84 Å². The summed E-state index contributed by atoms with van der Waals surface area (Å²) in [6.07, 6.45) is 1.54. The van der Waals surface area contributed by atoms with Crippen LogP contribution in [0.3, 0.4) is 0 Å². The quantitative estimate of drug-likeness (QED) is 0.519. The standard InChI is InChI=1S/C21H17N3O2/c1-2-26-21(25)16-13-18-19(15-9-5-3-6-10-15)23-24(20(18)22-14-16)17-11-7-4-8-12-17/h3-14H,2H2,1H3. The van der Waals surface area contributed by atoms with Crippen LogP contribution < -0.4 is 0 Å². The molecule has 0 radical (unpaired) electrons. The summed E-state index contributed by atoms with van der Waals surface area (Å²) in [6.45, 7) is 2.11. The average molecular weight is 343 g/mol. The summed E-state index contributed by atoms with van der Waals surface area (Å²) < 4.78 is 6.91. The molecule has 0 amide bonds. The van der Waals surface area contributed by atoms with Crippen molar-refractivity contribution in [3.63, 3.8) is 0 Å². The Morgan fingerprint density at radius 3 is 2.42 bits per heavy atom. The third-order valence-electron chi connectivity index (χ3n) is 4.08. The minimum absolute atomic E-state index is 0.325. The molecule has 0 N–H and O–H groups in total. The van der Waals surface area contributed by atoms with E-state index in [0.717, 1.165) is 22.3 Å². The number of fused-ring (bicyclic) bond motifs is 1. The van der Waals surface area contributed by atoms with Gasteiger partial charge in [0.2, 0.25) is 0 Å². The van der Waals surface area contributed by atoms with Crippen LogP contribution in [0.25, 0.3) is 28.0 Å². The van der Waals surface area contributed by atoms with Crippen LogP contribution in [0.15, 0.2) is 72.9 Å². The van der Waals surface area contributed by atoms with Crippen molar-refractivity contribution in [2.75, 3.05) is 6.61 Å². The molecule has 0 atom stereocenters. The SMILES string of the molecule is CCOC(=O)c1cnc2c(c1)c(-c1ccccc1)nn2-c1ccccc1. The second kappa shape index (κ2) is 6.80. The Balaban J connectivity index is 1.96. The zero-order valence-corrected chi connectivity index (χ0v) is 14.3. The molecule has 0 saturated carbocycles. The second-order valence-electron chi connectivity index (χ2n) is 5.78.